The zero-order valence-corrected chi connectivity index (χ0v) is 15.0. The van der Waals surface area contributed by atoms with E-state index in [1.165, 1.54) is 12.1 Å². The number of hydrogen-bond donors (Lipinski definition) is 0. The van der Waals surface area contributed by atoms with Crippen molar-refractivity contribution in [1.82, 2.24) is 4.90 Å². The third kappa shape index (κ3) is 3.99. The number of hydrogen-bond acceptors (Lipinski definition) is 3. The second-order valence-corrected chi connectivity index (χ2v) is 9.14. The molecule has 0 bridgehead atoms. The first-order valence-electron chi connectivity index (χ1n) is 6.73. The van der Waals surface area contributed by atoms with Crippen molar-refractivity contribution in [2.24, 2.45) is 11.8 Å². The van der Waals surface area contributed by atoms with Crippen LogP contribution < -0.4 is 0 Å². The van der Waals surface area contributed by atoms with Crippen molar-refractivity contribution in [3.63, 3.8) is 0 Å². The Bertz CT molecular complexity index is 660. The van der Waals surface area contributed by atoms with E-state index in [4.69, 9.17) is 10.7 Å². The lowest BCUT2D eigenvalue weighted by atomic mass is 9.95. The van der Waals surface area contributed by atoms with Gasteiger partial charge in [0, 0.05) is 33.8 Å². The molecule has 0 aliphatic carbocycles. The summed E-state index contributed by atoms with van der Waals surface area (Å²) in [5.41, 5.74) is 0.341. The fourth-order valence-electron chi connectivity index (χ4n) is 2.53. The van der Waals surface area contributed by atoms with Crippen LogP contribution in [0.25, 0.3) is 0 Å². The van der Waals surface area contributed by atoms with Crippen LogP contribution in [0.5, 0.6) is 0 Å². The molecular weight excluding hydrogens is 378 g/mol. The first kappa shape index (κ1) is 16.8. The van der Waals surface area contributed by atoms with Crippen molar-refractivity contribution in [2.45, 2.75) is 25.2 Å². The fourth-order valence-corrected chi connectivity index (χ4v) is 3.97. The van der Waals surface area contributed by atoms with Crippen LogP contribution in [-0.2, 0) is 9.05 Å². The highest BCUT2D eigenvalue weighted by Gasteiger charge is 2.29. The molecular formula is C14H17BrClNO3S. The Labute approximate surface area is 138 Å². The third-order valence-corrected chi connectivity index (χ3v) is 5.65. The Balaban J connectivity index is 2.26. The van der Waals surface area contributed by atoms with Crippen LogP contribution in [-0.4, -0.2) is 32.3 Å². The zero-order valence-electron chi connectivity index (χ0n) is 11.8. The first-order chi connectivity index (χ1) is 9.68. The van der Waals surface area contributed by atoms with Gasteiger partial charge in [-0.1, -0.05) is 29.8 Å². The van der Waals surface area contributed by atoms with Gasteiger partial charge in [-0.2, -0.15) is 0 Å². The maximum atomic E-state index is 12.5. The quantitative estimate of drug-likeness (QED) is 0.737. The molecule has 0 saturated carbocycles. The average Bonchev–Trinajstić information content (AvgIpc) is 2.85. The van der Waals surface area contributed by atoms with Gasteiger partial charge >= 0.3 is 0 Å². The van der Waals surface area contributed by atoms with Gasteiger partial charge in [-0.3, -0.25) is 4.79 Å². The van der Waals surface area contributed by atoms with Crippen LogP contribution in [0.15, 0.2) is 27.6 Å². The largest absolute Gasteiger partial charge is 0.338 e. The SMILES string of the molecule is CC(C)C1CCN(C(=O)c2cc(Br)cc(S(=O)(=O)Cl)c2)C1. The van der Waals surface area contributed by atoms with E-state index in [1.807, 2.05) is 0 Å². The Hall–Kier alpha value is -0.590. The summed E-state index contributed by atoms with van der Waals surface area (Å²) in [4.78, 5) is 14.2. The second kappa shape index (κ2) is 6.26. The van der Waals surface area contributed by atoms with E-state index in [1.54, 1.807) is 11.0 Å². The van der Waals surface area contributed by atoms with E-state index < -0.39 is 9.05 Å². The van der Waals surface area contributed by atoms with E-state index in [0.29, 0.717) is 35.0 Å². The van der Waals surface area contributed by atoms with E-state index in [-0.39, 0.29) is 10.8 Å². The molecule has 1 fully saturated rings. The minimum absolute atomic E-state index is 0.0681. The second-order valence-electron chi connectivity index (χ2n) is 5.66. The lowest BCUT2D eigenvalue weighted by Crippen LogP contribution is -2.29. The minimum atomic E-state index is -3.86. The third-order valence-electron chi connectivity index (χ3n) is 3.85. The van der Waals surface area contributed by atoms with Crippen molar-refractivity contribution >= 4 is 41.6 Å². The van der Waals surface area contributed by atoms with Gasteiger partial charge in [0.25, 0.3) is 15.0 Å². The molecule has 1 aromatic carbocycles. The standard InChI is InChI=1S/C14H17BrClNO3S/c1-9(2)10-3-4-17(8-10)14(18)11-5-12(15)7-13(6-11)21(16,19)20/h5-7,9-10H,3-4,8H2,1-2H3. The Morgan fingerprint density at radius 1 is 1.38 bits per heavy atom. The molecule has 1 atom stereocenters. The van der Waals surface area contributed by atoms with Gasteiger partial charge in [0.1, 0.15) is 0 Å². The van der Waals surface area contributed by atoms with Crippen molar-refractivity contribution in [3.05, 3.63) is 28.2 Å². The number of nitrogens with zero attached hydrogens (tertiary/aromatic N) is 1. The van der Waals surface area contributed by atoms with Gasteiger partial charge in [-0.05, 0) is 36.5 Å². The number of halogens is 2. The van der Waals surface area contributed by atoms with E-state index in [2.05, 4.69) is 29.8 Å². The molecule has 1 aliphatic heterocycles. The van der Waals surface area contributed by atoms with Crippen molar-refractivity contribution < 1.29 is 13.2 Å². The molecule has 0 N–H and O–H groups in total. The predicted molar refractivity (Wildman–Crippen MR) is 86.0 cm³/mol. The summed E-state index contributed by atoms with van der Waals surface area (Å²) in [5.74, 6) is 0.877. The summed E-state index contributed by atoms with van der Waals surface area (Å²) >= 11 is 3.22. The molecule has 1 unspecified atom stereocenters. The number of amides is 1. The summed E-state index contributed by atoms with van der Waals surface area (Å²) in [7, 11) is 1.50. The number of carbonyl (C=O) groups excluding carboxylic acids is 1. The monoisotopic (exact) mass is 393 g/mol. The Morgan fingerprint density at radius 2 is 2.05 bits per heavy atom. The summed E-state index contributed by atoms with van der Waals surface area (Å²) in [6, 6.07) is 4.34. The maximum Gasteiger partial charge on any atom is 0.261 e. The zero-order chi connectivity index (χ0) is 15.8. The highest BCUT2D eigenvalue weighted by Crippen LogP contribution is 2.27. The first-order valence-corrected chi connectivity index (χ1v) is 9.83. The molecule has 0 aromatic heterocycles. The molecule has 1 heterocycles. The molecule has 4 nitrogen and oxygen atoms in total. The number of benzene rings is 1. The van der Waals surface area contributed by atoms with Gasteiger partial charge < -0.3 is 4.90 Å². The Morgan fingerprint density at radius 3 is 2.57 bits per heavy atom. The summed E-state index contributed by atoms with van der Waals surface area (Å²) < 4.78 is 23.4. The summed E-state index contributed by atoms with van der Waals surface area (Å²) in [6.07, 6.45) is 0.984. The minimum Gasteiger partial charge on any atom is -0.338 e. The number of rotatable bonds is 3. The molecule has 1 saturated heterocycles. The molecule has 1 aliphatic rings. The molecule has 0 spiro atoms. The molecule has 1 aromatic rings. The molecule has 1 amide bonds. The maximum absolute atomic E-state index is 12.5. The summed E-state index contributed by atoms with van der Waals surface area (Å²) in [5, 5.41) is 0. The normalized spacial score (nSPS) is 19.3. The van der Waals surface area contributed by atoms with Gasteiger partial charge in [0.15, 0.2) is 0 Å². The average molecular weight is 395 g/mol. The van der Waals surface area contributed by atoms with Crippen LogP contribution in [0.2, 0.25) is 0 Å². The lowest BCUT2D eigenvalue weighted by Gasteiger charge is -2.18. The molecule has 116 valence electrons. The summed E-state index contributed by atoms with van der Waals surface area (Å²) in [6.45, 7) is 5.72. The van der Waals surface area contributed by atoms with Gasteiger partial charge in [-0.15, -0.1) is 0 Å². The fraction of sp³-hybridized carbons (Fsp3) is 0.500. The Kier molecular flexibility index (Phi) is 5.00. The van der Waals surface area contributed by atoms with Crippen LogP contribution in [0.4, 0.5) is 0 Å². The van der Waals surface area contributed by atoms with E-state index in [0.717, 1.165) is 6.42 Å². The van der Waals surface area contributed by atoms with Crippen LogP contribution >= 0.6 is 26.6 Å². The van der Waals surface area contributed by atoms with Crippen molar-refractivity contribution in [2.75, 3.05) is 13.1 Å². The van der Waals surface area contributed by atoms with Crippen LogP contribution in [0.3, 0.4) is 0 Å². The molecule has 7 heteroatoms. The van der Waals surface area contributed by atoms with Gasteiger partial charge in [0.05, 0.1) is 4.90 Å². The smallest absolute Gasteiger partial charge is 0.261 e. The van der Waals surface area contributed by atoms with Crippen molar-refractivity contribution in [3.8, 4) is 0 Å². The van der Waals surface area contributed by atoms with Crippen molar-refractivity contribution in [1.29, 1.82) is 0 Å². The topological polar surface area (TPSA) is 54.5 Å². The lowest BCUT2D eigenvalue weighted by molar-refractivity contribution is 0.0783. The van der Waals surface area contributed by atoms with Crippen LogP contribution in [0.1, 0.15) is 30.6 Å². The van der Waals surface area contributed by atoms with Gasteiger partial charge in [-0.25, -0.2) is 8.42 Å². The molecule has 21 heavy (non-hydrogen) atoms. The van der Waals surface area contributed by atoms with E-state index in [9.17, 15) is 13.2 Å². The highest BCUT2D eigenvalue weighted by atomic mass is 79.9. The number of likely N-dealkylation sites (tertiary alicyclic amines) is 1. The molecule has 0 radical (unpaired) electrons. The van der Waals surface area contributed by atoms with Crippen LogP contribution in [0, 0.1) is 11.8 Å². The van der Waals surface area contributed by atoms with Gasteiger partial charge in [0.2, 0.25) is 0 Å². The predicted octanol–water partition coefficient (Wildman–Crippen LogP) is 3.49. The molecule has 2 rings (SSSR count). The van der Waals surface area contributed by atoms with E-state index >= 15 is 0 Å². The highest BCUT2D eigenvalue weighted by molar-refractivity contribution is 9.10. The number of carbonyl (C=O) groups is 1.